The summed E-state index contributed by atoms with van der Waals surface area (Å²) in [6.07, 6.45) is 3.39. The van der Waals surface area contributed by atoms with Gasteiger partial charge in [0.2, 0.25) is 5.88 Å². The number of benzene rings is 1. The molecule has 0 fully saturated rings. The van der Waals surface area contributed by atoms with E-state index in [9.17, 15) is 4.79 Å². The van der Waals surface area contributed by atoms with Crippen LogP contribution < -0.4 is 9.47 Å². The van der Waals surface area contributed by atoms with Gasteiger partial charge in [-0.25, -0.2) is 14.3 Å². The van der Waals surface area contributed by atoms with Crippen LogP contribution in [0.2, 0.25) is 10.0 Å². The van der Waals surface area contributed by atoms with Gasteiger partial charge in [0.05, 0.1) is 12.1 Å². The number of pyridine rings is 1. The molecule has 1 heterocycles. The zero-order valence-electron chi connectivity index (χ0n) is 16.6. The van der Waals surface area contributed by atoms with E-state index in [0.29, 0.717) is 21.5 Å². The van der Waals surface area contributed by atoms with Crippen LogP contribution in [-0.2, 0) is 14.1 Å². The molecule has 2 aromatic rings. The summed E-state index contributed by atoms with van der Waals surface area (Å²) in [5, 5.41) is 0.741. The van der Waals surface area contributed by atoms with Gasteiger partial charge >= 0.3 is 14.7 Å². The van der Waals surface area contributed by atoms with E-state index in [4.69, 9.17) is 42.1 Å². The standard InChI is InChI=1S/C15H13Cl2NO4.C4H10.HO2P/c1-9(15(19)20-2)21-11-3-5-12(6-4-11)22-14-13(17)7-10(16)8-18-14;1-3-4-2;1-3-2/h3-9H,1-2H3;3-4H2,1-2H3;(H,1,2)/t9-;;/m1../s1. The first kappa shape index (κ1) is 27.1. The molecule has 1 aromatic carbocycles. The molecule has 7 nitrogen and oxygen atoms in total. The molecule has 0 saturated heterocycles. The van der Waals surface area contributed by atoms with Crippen LogP contribution in [0.3, 0.4) is 0 Å². The van der Waals surface area contributed by atoms with Gasteiger partial charge in [0.25, 0.3) is 0 Å². The summed E-state index contributed by atoms with van der Waals surface area (Å²) < 4.78 is 24.0. The lowest BCUT2D eigenvalue weighted by atomic mass is 10.3. The second-order valence-electron chi connectivity index (χ2n) is 5.38. The first-order valence-corrected chi connectivity index (χ1v) is 10.1. The molecule has 29 heavy (non-hydrogen) atoms. The number of hydrogen-bond acceptors (Lipinski definition) is 6. The number of nitrogens with zero attached hydrogens (tertiary/aromatic N) is 1. The Balaban J connectivity index is 0.000000975. The minimum atomic E-state index is -0.833. The number of esters is 1. The van der Waals surface area contributed by atoms with Gasteiger partial charge in [-0.3, -0.25) is 0 Å². The minimum absolute atomic E-state index is 0.252. The van der Waals surface area contributed by atoms with Crippen LogP contribution in [0.5, 0.6) is 17.4 Å². The van der Waals surface area contributed by atoms with E-state index in [-0.39, 0.29) is 5.88 Å². The van der Waals surface area contributed by atoms with Crippen molar-refractivity contribution in [1.29, 1.82) is 0 Å². The third-order valence-electron chi connectivity index (χ3n) is 3.16. The maximum absolute atomic E-state index is 11.3. The predicted molar refractivity (Wildman–Crippen MR) is 113 cm³/mol. The highest BCUT2D eigenvalue weighted by atomic mass is 35.5. The molecule has 10 heteroatoms. The summed E-state index contributed by atoms with van der Waals surface area (Å²) in [6.45, 7) is 5.97. The summed E-state index contributed by atoms with van der Waals surface area (Å²) in [5.74, 6) is 0.843. The summed E-state index contributed by atoms with van der Waals surface area (Å²) in [6, 6.07) is 8.22. The van der Waals surface area contributed by atoms with Crippen molar-refractivity contribution in [1.82, 2.24) is 4.98 Å². The fraction of sp³-hybridized carbons (Fsp3) is 0.368. The molecular formula is C19H24Cl2NO6P. The van der Waals surface area contributed by atoms with Crippen LogP contribution in [0.4, 0.5) is 0 Å². The molecule has 0 unspecified atom stereocenters. The van der Waals surface area contributed by atoms with Gasteiger partial charge in [-0.05, 0) is 37.3 Å². The van der Waals surface area contributed by atoms with Crippen molar-refractivity contribution in [3.05, 3.63) is 46.6 Å². The van der Waals surface area contributed by atoms with Crippen molar-refractivity contribution in [3.63, 3.8) is 0 Å². The van der Waals surface area contributed by atoms with Crippen LogP contribution in [0, 0.1) is 0 Å². The minimum Gasteiger partial charge on any atom is -0.479 e. The first-order valence-electron chi connectivity index (χ1n) is 8.62. The normalized spacial score (nSPS) is 10.6. The first-order chi connectivity index (χ1) is 13.8. The molecule has 0 bridgehead atoms. The molecular weight excluding hydrogens is 440 g/mol. The van der Waals surface area contributed by atoms with Crippen molar-refractivity contribution in [2.45, 2.75) is 39.7 Å². The molecule has 0 aliphatic rings. The highest BCUT2D eigenvalue weighted by molar-refractivity contribution is 7.16. The Hall–Kier alpha value is -1.92. The van der Waals surface area contributed by atoms with Crippen LogP contribution in [0.25, 0.3) is 0 Å². The van der Waals surface area contributed by atoms with Crippen LogP contribution in [0.15, 0.2) is 36.5 Å². The Bertz CT molecular complexity index is 744. The van der Waals surface area contributed by atoms with Crippen molar-refractivity contribution < 1.29 is 28.5 Å². The SMILES string of the molecule is CCCC.COC(=O)[C@@H](C)Oc1ccc(Oc2ncc(Cl)cc2Cl)cc1.O=PO. The second-order valence-corrected chi connectivity index (χ2v) is 6.39. The number of hydrogen-bond donors (Lipinski definition) is 1. The molecule has 0 aliphatic carbocycles. The monoisotopic (exact) mass is 463 g/mol. The molecule has 0 saturated carbocycles. The van der Waals surface area contributed by atoms with Gasteiger partial charge in [0.15, 0.2) is 6.10 Å². The lowest BCUT2D eigenvalue weighted by Gasteiger charge is -2.13. The molecule has 0 aliphatic heterocycles. The van der Waals surface area contributed by atoms with E-state index in [1.807, 2.05) is 0 Å². The number of unbranched alkanes of at least 4 members (excludes halogenated alkanes) is 1. The van der Waals surface area contributed by atoms with Gasteiger partial charge < -0.3 is 19.1 Å². The van der Waals surface area contributed by atoms with E-state index >= 15 is 0 Å². The second kappa shape index (κ2) is 15.9. The maximum Gasteiger partial charge on any atom is 0.346 e. The Morgan fingerprint density at radius 3 is 2.14 bits per heavy atom. The van der Waals surface area contributed by atoms with Crippen LogP contribution >= 0.6 is 31.9 Å². The summed E-state index contributed by atoms with van der Waals surface area (Å²) in [7, 11) is 0.474. The van der Waals surface area contributed by atoms with E-state index < -0.39 is 20.8 Å². The number of carbonyl (C=O) groups is 1. The fourth-order valence-corrected chi connectivity index (χ4v) is 2.01. The highest BCUT2D eigenvalue weighted by Crippen LogP contribution is 2.30. The third kappa shape index (κ3) is 11.6. The number of ether oxygens (including phenoxy) is 3. The average Bonchev–Trinajstić information content (AvgIpc) is 2.71. The van der Waals surface area contributed by atoms with Crippen molar-refractivity contribution in [2.75, 3.05) is 7.11 Å². The summed E-state index contributed by atoms with van der Waals surface area (Å²) in [5.41, 5.74) is 0. The fourth-order valence-electron chi connectivity index (χ4n) is 1.59. The molecule has 1 N–H and O–H groups in total. The maximum atomic E-state index is 11.3. The Kier molecular flexibility index (Phi) is 14.9. The molecule has 0 radical (unpaired) electrons. The average molecular weight is 464 g/mol. The van der Waals surface area contributed by atoms with E-state index in [2.05, 4.69) is 23.6 Å². The zero-order chi connectivity index (χ0) is 22.2. The Morgan fingerprint density at radius 1 is 1.17 bits per heavy atom. The van der Waals surface area contributed by atoms with Gasteiger partial charge in [-0.15, -0.1) is 0 Å². The van der Waals surface area contributed by atoms with E-state index in [0.717, 1.165) is 0 Å². The van der Waals surface area contributed by atoms with Gasteiger partial charge in [-0.2, -0.15) is 0 Å². The topological polar surface area (TPSA) is 95.0 Å². The Morgan fingerprint density at radius 2 is 1.69 bits per heavy atom. The third-order valence-corrected chi connectivity index (χ3v) is 3.64. The number of methoxy groups -OCH3 is 1. The van der Waals surface area contributed by atoms with Crippen molar-refractivity contribution in [2.24, 2.45) is 0 Å². The highest BCUT2D eigenvalue weighted by Gasteiger charge is 2.14. The smallest absolute Gasteiger partial charge is 0.346 e. The predicted octanol–water partition coefficient (Wildman–Crippen LogP) is 6.11. The molecule has 1 aromatic heterocycles. The van der Waals surface area contributed by atoms with E-state index in [1.54, 1.807) is 37.3 Å². The number of halogens is 2. The summed E-state index contributed by atoms with van der Waals surface area (Å²) in [4.78, 5) is 22.3. The zero-order valence-corrected chi connectivity index (χ0v) is 19.0. The molecule has 0 spiro atoms. The molecule has 1 atom stereocenters. The number of carbonyl (C=O) groups excluding carboxylic acids is 1. The number of aromatic nitrogens is 1. The van der Waals surface area contributed by atoms with Gasteiger partial charge in [-0.1, -0.05) is 49.9 Å². The van der Waals surface area contributed by atoms with Crippen LogP contribution in [-0.4, -0.2) is 29.1 Å². The number of rotatable bonds is 6. The molecule has 160 valence electrons. The van der Waals surface area contributed by atoms with Gasteiger partial charge in [0, 0.05) is 6.20 Å². The van der Waals surface area contributed by atoms with Crippen LogP contribution in [0.1, 0.15) is 33.6 Å². The lowest BCUT2D eigenvalue weighted by molar-refractivity contribution is -0.147. The van der Waals surface area contributed by atoms with E-state index in [1.165, 1.54) is 26.1 Å². The summed E-state index contributed by atoms with van der Waals surface area (Å²) >= 11 is 11.8. The lowest BCUT2D eigenvalue weighted by Crippen LogP contribution is -2.24. The Labute approximate surface area is 182 Å². The largest absolute Gasteiger partial charge is 0.479 e. The molecule has 0 amide bonds. The van der Waals surface area contributed by atoms with Gasteiger partial charge in [0.1, 0.15) is 16.5 Å². The molecule has 2 rings (SSSR count). The quantitative estimate of drug-likeness (QED) is 0.407. The van der Waals surface area contributed by atoms with Crippen molar-refractivity contribution in [3.8, 4) is 17.4 Å². The van der Waals surface area contributed by atoms with Crippen molar-refractivity contribution >= 4 is 37.9 Å².